The number of benzene rings is 1. The summed E-state index contributed by atoms with van der Waals surface area (Å²) in [6.07, 6.45) is 3.83. The van der Waals surface area contributed by atoms with Crippen molar-refractivity contribution in [1.29, 1.82) is 0 Å². The van der Waals surface area contributed by atoms with Crippen molar-refractivity contribution in [3.8, 4) is 0 Å². The van der Waals surface area contributed by atoms with Crippen molar-refractivity contribution < 1.29 is 4.42 Å². The molecule has 0 amide bonds. The van der Waals surface area contributed by atoms with Crippen LogP contribution in [0.5, 0.6) is 0 Å². The van der Waals surface area contributed by atoms with E-state index in [0.717, 1.165) is 49.6 Å². The monoisotopic (exact) mass is 363 g/mol. The summed E-state index contributed by atoms with van der Waals surface area (Å²) < 4.78 is 7.04. The van der Waals surface area contributed by atoms with E-state index in [9.17, 15) is 4.79 Å². The van der Waals surface area contributed by atoms with Gasteiger partial charge < -0.3 is 14.3 Å². The number of nitrogens with one attached hydrogen (secondary N) is 1. The van der Waals surface area contributed by atoms with Crippen LogP contribution in [0, 0.1) is 0 Å². The zero-order valence-corrected chi connectivity index (χ0v) is 15.0. The van der Waals surface area contributed by atoms with Gasteiger partial charge in [-0.2, -0.15) is 0 Å². The standard InChI is InChI=1S/C20H21N5O2/c26-20-25(16-3-1-2-4-17(16)27-20)14-11-23-9-12-24(13-10-23)19-18-15(5-7-21-18)6-8-22-19/h1-8,21H,9-14H2. The minimum Gasteiger partial charge on any atom is -0.408 e. The van der Waals surface area contributed by atoms with Crippen LogP contribution in [0.2, 0.25) is 0 Å². The Balaban J connectivity index is 1.25. The highest BCUT2D eigenvalue weighted by atomic mass is 16.4. The molecule has 0 aliphatic carbocycles. The van der Waals surface area contributed by atoms with Crippen LogP contribution in [0.4, 0.5) is 5.82 Å². The average molecular weight is 363 g/mol. The maximum absolute atomic E-state index is 12.1. The molecule has 4 aromatic rings. The van der Waals surface area contributed by atoms with E-state index in [0.29, 0.717) is 12.1 Å². The molecule has 0 atom stereocenters. The second-order valence-electron chi connectivity index (χ2n) is 6.89. The highest BCUT2D eigenvalue weighted by Gasteiger charge is 2.20. The highest BCUT2D eigenvalue weighted by Crippen LogP contribution is 2.23. The van der Waals surface area contributed by atoms with Crippen LogP contribution in [0.3, 0.4) is 0 Å². The Morgan fingerprint density at radius 3 is 2.78 bits per heavy atom. The van der Waals surface area contributed by atoms with E-state index in [2.05, 4.69) is 25.8 Å². The van der Waals surface area contributed by atoms with Crippen molar-refractivity contribution in [2.75, 3.05) is 37.6 Å². The van der Waals surface area contributed by atoms with E-state index in [1.165, 1.54) is 5.39 Å². The first-order valence-corrected chi connectivity index (χ1v) is 9.27. The van der Waals surface area contributed by atoms with Gasteiger partial charge in [-0.15, -0.1) is 0 Å². The summed E-state index contributed by atoms with van der Waals surface area (Å²) in [5.74, 6) is 0.742. The first-order chi connectivity index (χ1) is 13.3. The minimum absolute atomic E-state index is 0.280. The van der Waals surface area contributed by atoms with Gasteiger partial charge in [-0.3, -0.25) is 9.47 Å². The number of aromatic amines is 1. The molecule has 0 bridgehead atoms. The molecule has 7 nitrogen and oxygen atoms in total. The van der Waals surface area contributed by atoms with E-state index in [1.807, 2.05) is 42.7 Å². The van der Waals surface area contributed by atoms with Crippen molar-refractivity contribution in [3.63, 3.8) is 0 Å². The number of hydrogen-bond acceptors (Lipinski definition) is 5. The van der Waals surface area contributed by atoms with Gasteiger partial charge in [-0.25, -0.2) is 9.78 Å². The first-order valence-electron chi connectivity index (χ1n) is 9.27. The first kappa shape index (κ1) is 16.1. The van der Waals surface area contributed by atoms with E-state index in [1.54, 1.807) is 4.57 Å². The van der Waals surface area contributed by atoms with Gasteiger partial charge in [-0.05, 0) is 24.3 Å². The minimum atomic E-state index is -0.280. The van der Waals surface area contributed by atoms with E-state index < -0.39 is 0 Å². The molecule has 0 spiro atoms. The summed E-state index contributed by atoms with van der Waals surface area (Å²) in [7, 11) is 0. The topological polar surface area (TPSA) is 70.3 Å². The number of anilines is 1. The smallest absolute Gasteiger partial charge is 0.408 e. The number of pyridine rings is 1. The lowest BCUT2D eigenvalue weighted by atomic mass is 10.2. The number of rotatable bonds is 4. The second kappa shape index (κ2) is 6.59. The summed E-state index contributed by atoms with van der Waals surface area (Å²) in [4.78, 5) is 24.7. The van der Waals surface area contributed by atoms with Crippen molar-refractivity contribution in [2.24, 2.45) is 0 Å². The maximum Gasteiger partial charge on any atom is 0.419 e. The number of hydrogen-bond donors (Lipinski definition) is 1. The molecule has 0 radical (unpaired) electrons. The molecule has 138 valence electrons. The molecule has 1 fully saturated rings. The Morgan fingerprint density at radius 2 is 1.89 bits per heavy atom. The molecule has 0 unspecified atom stereocenters. The van der Waals surface area contributed by atoms with Gasteiger partial charge in [0.15, 0.2) is 11.4 Å². The van der Waals surface area contributed by atoms with Gasteiger partial charge in [-0.1, -0.05) is 12.1 Å². The zero-order chi connectivity index (χ0) is 18.2. The predicted molar refractivity (Wildman–Crippen MR) is 105 cm³/mol. The molecule has 7 heteroatoms. The Morgan fingerprint density at radius 1 is 1.04 bits per heavy atom. The number of nitrogens with zero attached hydrogens (tertiary/aromatic N) is 4. The number of aromatic nitrogens is 3. The van der Waals surface area contributed by atoms with Gasteiger partial charge in [0.25, 0.3) is 0 Å². The number of H-pyrrole nitrogens is 1. The lowest BCUT2D eigenvalue weighted by molar-refractivity contribution is 0.246. The van der Waals surface area contributed by atoms with Crippen LogP contribution < -0.4 is 10.7 Å². The fraction of sp³-hybridized carbons (Fsp3) is 0.300. The van der Waals surface area contributed by atoms with Gasteiger partial charge >= 0.3 is 5.76 Å². The second-order valence-corrected chi connectivity index (χ2v) is 6.89. The Kier molecular flexibility index (Phi) is 3.94. The van der Waals surface area contributed by atoms with E-state index in [-0.39, 0.29) is 5.76 Å². The molecular weight excluding hydrogens is 342 g/mol. The number of para-hydroxylation sites is 2. The van der Waals surface area contributed by atoms with Crippen LogP contribution in [0.1, 0.15) is 0 Å². The van der Waals surface area contributed by atoms with E-state index in [4.69, 9.17) is 4.42 Å². The van der Waals surface area contributed by atoms with Crippen molar-refractivity contribution >= 4 is 27.8 Å². The van der Waals surface area contributed by atoms with Crippen LogP contribution in [-0.4, -0.2) is 52.2 Å². The van der Waals surface area contributed by atoms with Crippen molar-refractivity contribution in [1.82, 2.24) is 19.4 Å². The molecule has 1 aromatic carbocycles. The van der Waals surface area contributed by atoms with Gasteiger partial charge in [0.05, 0.1) is 11.0 Å². The van der Waals surface area contributed by atoms with Crippen molar-refractivity contribution in [3.05, 3.63) is 59.3 Å². The molecule has 1 aliphatic rings. The predicted octanol–water partition coefficient (Wildman–Crippen LogP) is 2.29. The summed E-state index contributed by atoms with van der Waals surface area (Å²) in [6.45, 7) is 5.21. The van der Waals surface area contributed by atoms with Crippen LogP contribution in [0.25, 0.3) is 22.0 Å². The fourth-order valence-corrected chi connectivity index (χ4v) is 3.86. The molecule has 27 heavy (non-hydrogen) atoms. The van der Waals surface area contributed by atoms with Gasteiger partial charge in [0.1, 0.15) is 0 Å². The third-order valence-electron chi connectivity index (χ3n) is 5.34. The third kappa shape index (κ3) is 2.90. The third-order valence-corrected chi connectivity index (χ3v) is 5.34. The number of oxazole rings is 1. The molecule has 1 N–H and O–H groups in total. The fourth-order valence-electron chi connectivity index (χ4n) is 3.86. The molecule has 1 saturated heterocycles. The summed E-state index contributed by atoms with van der Waals surface area (Å²) in [6, 6.07) is 11.7. The zero-order valence-electron chi connectivity index (χ0n) is 15.0. The normalized spacial score (nSPS) is 15.8. The number of fused-ring (bicyclic) bond motifs is 2. The van der Waals surface area contributed by atoms with Crippen LogP contribution >= 0.6 is 0 Å². The summed E-state index contributed by atoms with van der Waals surface area (Å²) in [5.41, 5.74) is 2.61. The lowest BCUT2D eigenvalue weighted by Crippen LogP contribution is -2.47. The molecule has 0 saturated carbocycles. The molecule has 4 heterocycles. The van der Waals surface area contributed by atoms with E-state index >= 15 is 0 Å². The average Bonchev–Trinajstić information content (AvgIpc) is 3.30. The van der Waals surface area contributed by atoms with Crippen molar-refractivity contribution in [2.45, 2.75) is 6.54 Å². The summed E-state index contributed by atoms with van der Waals surface area (Å²) >= 11 is 0. The largest absolute Gasteiger partial charge is 0.419 e. The Hall–Kier alpha value is -3.06. The van der Waals surface area contributed by atoms with Gasteiger partial charge in [0.2, 0.25) is 0 Å². The van der Waals surface area contributed by atoms with Crippen LogP contribution in [0.15, 0.2) is 58.0 Å². The molecular formula is C20H21N5O2. The molecule has 1 aliphatic heterocycles. The summed E-state index contributed by atoms with van der Waals surface area (Å²) in [5, 5.41) is 1.19. The van der Waals surface area contributed by atoms with Crippen LogP contribution in [-0.2, 0) is 6.54 Å². The molecule has 3 aromatic heterocycles. The SMILES string of the molecule is O=c1oc2ccccc2n1CCN1CCN(c2nccc3cc[nH]c23)CC1. The maximum atomic E-state index is 12.1. The number of piperazine rings is 1. The highest BCUT2D eigenvalue weighted by molar-refractivity contribution is 5.89. The van der Waals surface area contributed by atoms with Gasteiger partial charge in [0, 0.05) is 57.0 Å². The lowest BCUT2D eigenvalue weighted by Gasteiger charge is -2.35. The Bertz CT molecular complexity index is 1130. The molecule has 5 rings (SSSR count). The Labute approximate surface area is 155 Å². The quantitative estimate of drug-likeness (QED) is 0.602.